The van der Waals surface area contributed by atoms with E-state index in [9.17, 15) is 4.79 Å². The van der Waals surface area contributed by atoms with Crippen LogP contribution in [0.25, 0.3) is 0 Å². The average molecular weight is 263 g/mol. The van der Waals surface area contributed by atoms with Gasteiger partial charge in [0, 0.05) is 18.8 Å². The Labute approximate surface area is 116 Å². The topological polar surface area (TPSA) is 40.5 Å². The first-order chi connectivity index (χ1) is 8.75. The lowest BCUT2D eigenvalue weighted by Crippen LogP contribution is -2.31. The second kappa shape index (κ2) is 6.09. The Kier molecular flexibility index (Phi) is 4.98. The average Bonchev–Trinajstić information content (AvgIpc) is 2.34. The number of hydrogen-bond acceptors (Lipinski definition) is 2. The molecule has 0 saturated carbocycles. The molecule has 19 heavy (non-hydrogen) atoms. The van der Waals surface area contributed by atoms with Crippen LogP contribution in [0.2, 0.25) is 0 Å². The molecule has 1 atom stereocenters. The predicted octanol–water partition coefficient (Wildman–Crippen LogP) is 3.53. The molecule has 0 radical (unpaired) electrons. The zero-order valence-corrected chi connectivity index (χ0v) is 12.6. The summed E-state index contributed by atoms with van der Waals surface area (Å²) in [6.45, 7) is 11.7. The summed E-state index contributed by atoms with van der Waals surface area (Å²) < 4.78 is 0. The molecule has 1 rings (SSSR count). The molecule has 1 aromatic rings. The number of carboxylic acid groups (broad SMARTS) is 1. The van der Waals surface area contributed by atoms with Crippen molar-refractivity contribution >= 4 is 11.7 Å². The highest BCUT2D eigenvalue weighted by Gasteiger charge is 2.17. The van der Waals surface area contributed by atoms with Crippen LogP contribution in [-0.4, -0.2) is 24.2 Å². The number of hydrogen-bond donors (Lipinski definition) is 1. The molecule has 106 valence electrons. The van der Waals surface area contributed by atoms with Crippen LogP contribution in [0, 0.1) is 5.92 Å². The van der Waals surface area contributed by atoms with Crippen LogP contribution in [0.5, 0.6) is 0 Å². The molecule has 0 saturated heterocycles. The Hall–Kier alpha value is -1.51. The summed E-state index contributed by atoms with van der Waals surface area (Å²) in [7, 11) is 0. The fraction of sp³-hybridized carbons (Fsp3) is 0.562. The van der Waals surface area contributed by atoms with Gasteiger partial charge in [0.2, 0.25) is 0 Å². The number of carboxylic acids is 1. The van der Waals surface area contributed by atoms with Crippen molar-refractivity contribution < 1.29 is 9.90 Å². The molecule has 0 heterocycles. The molecule has 0 bridgehead atoms. The summed E-state index contributed by atoms with van der Waals surface area (Å²) in [6, 6.07) is 8.42. The van der Waals surface area contributed by atoms with Crippen molar-refractivity contribution in [3.8, 4) is 0 Å². The first kappa shape index (κ1) is 15.5. The van der Waals surface area contributed by atoms with E-state index < -0.39 is 5.97 Å². The van der Waals surface area contributed by atoms with E-state index in [1.165, 1.54) is 5.56 Å². The van der Waals surface area contributed by atoms with Gasteiger partial charge in [0.15, 0.2) is 0 Å². The highest BCUT2D eigenvalue weighted by Crippen LogP contribution is 2.25. The zero-order valence-electron chi connectivity index (χ0n) is 12.6. The van der Waals surface area contributed by atoms with Gasteiger partial charge >= 0.3 is 5.97 Å². The molecule has 0 amide bonds. The zero-order chi connectivity index (χ0) is 14.6. The van der Waals surface area contributed by atoms with Gasteiger partial charge in [-0.05, 0) is 30.0 Å². The Balaban J connectivity index is 2.85. The summed E-state index contributed by atoms with van der Waals surface area (Å²) in [5.74, 6) is -1.10. The lowest BCUT2D eigenvalue weighted by molar-refractivity contribution is -0.140. The lowest BCUT2D eigenvalue weighted by atomic mass is 9.87. The maximum Gasteiger partial charge on any atom is 0.308 e. The maximum atomic E-state index is 10.9. The van der Waals surface area contributed by atoms with Crippen LogP contribution in [0.15, 0.2) is 24.3 Å². The van der Waals surface area contributed by atoms with Crippen molar-refractivity contribution in [2.45, 2.75) is 40.0 Å². The molecule has 0 aliphatic carbocycles. The van der Waals surface area contributed by atoms with Crippen LogP contribution >= 0.6 is 0 Å². The first-order valence-electron chi connectivity index (χ1n) is 6.84. The van der Waals surface area contributed by atoms with Crippen molar-refractivity contribution in [3.63, 3.8) is 0 Å². The fourth-order valence-corrected chi connectivity index (χ4v) is 2.00. The van der Waals surface area contributed by atoms with E-state index in [1.807, 2.05) is 6.92 Å². The lowest BCUT2D eigenvalue weighted by Gasteiger charge is -2.26. The number of aliphatic carboxylic acids is 1. The largest absolute Gasteiger partial charge is 0.481 e. The minimum absolute atomic E-state index is 0.143. The number of carbonyl (C=O) groups is 1. The highest BCUT2D eigenvalue weighted by atomic mass is 16.4. The van der Waals surface area contributed by atoms with Crippen molar-refractivity contribution in [1.82, 2.24) is 0 Å². The number of nitrogens with zero attached hydrogens (tertiary/aromatic N) is 1. The van der Waals surface area contributed by atoms with Crippen LogP contribution in [-0.2, 0) is 10.2 Å². The Morgan fingerprint density at radius 2 is 1.79 bits per heavy atom. The van der Waals surface area contributed by atoms with Gasteiger partial charge in [-0.3, -0.25) is 4.79 Å². The quantitative estimate of drug-likeness (QED) is 0.883. The number of rotatable bonds is 5. The summed E-state index contributed by atoms with van der Waals surface area (Å²) in [5, 5.41) is 9.00. The molecule has 3 nitrogen and oxygen atoms in total. The van der Waals surface area contributed by atoms with Crippen LogP contribution in [0.1, 0.15) is 40.2 Å². The van der Waals surface area contributed by atoms with Crippen LogP contribution in [0.4, 0.5) is 5.69 Å². The molecule has 0 spiro atoms. The summed E-state index contributed by atoms with van der Waals surface area (Å²) in [6.07, 6.45) is 0. The van der Waals surface area contributed by atoms with E-state index in [1.54, 1.807) is 6.92 Å². The van der Waals surface area contributed by atoms with E-state index in [2.05, 4.69) is 49.9 Å². The van der Waals surface area contributed by atoms with E-state index in [0.29, 0.717) is 6.54 Å². The third-order valence-electron chi connectivity index (χ3n) is 3.40. The van der Waals surface area contributed by atoms with Crippen molar-refractivity contribution in [1.29, 1.82) is 0 Å². The van der Waals surface area contributed by atoms with Gasteiger partial charge in [-0.2, -0.15) is 0 Å². The van der Waals surface area contributed by atoms with Gasteiger partial charge in [0.05, 0.1) is 5.92 Å². The van der Waals surface area contributed by atoms with E-state index in [4.69, 9.17) is 5.11 Å². The summed E-state index contributed by atoms with van der Waals surface area (Å²) in [5.41, 5.74) is 2.52. The smallest absolute Gasteiger partial charge is 0.308 e. The molecule has 0 fully saturated rings. The molecule has 1 N–H and O–H groups in total. The highest BCUT2D eigenvalue weighted by molar-refractivity contribution is 5.70. The van der Waals surface area contributed by atoms with Gasteiger partial charge in [-0.1, -0.05) is 39.8 Å². The van der Waals surface area contributed by atoms with E-state index in [-0.39, 0.29) is 11.3 Å². The second-order valence-corrected chi connectivity index (χ2v) is 6.07. The molecule has 1 unspecified atom stereocenters. The molecular formula is C16H25NO2. The molecule has 0 aliphatic heterocycles. The van der Waals surface area contributed by atoms with Gasteiger partial charge in [-0.25, -0.2) is 0 Å². The standard InChI is InChI=1S/C16H25NO2/c1-6-17(11-12(2)15(18)19)14-9-7-13(8-10-14)16(3,4)5/h7-10,12H,6,11H2,1-5H3,(H,18,19). The van der Waals surface area contributed by atoms with Gasteiger partial charge in [-0.15, -0.1) is 0 Å². The SMILES string of the molecule is CCN(CC(C)C(=O)O)c1ccc(C(C)(C)C)cc1. The van der Waals surface area contributed by atoms with Gasteiger partial charge in [0.1, 0.15) is 0 Å². The van der Waals surface area contributed by atoms with Gasteiger partial charge < -0.3 is 10.0 Å². The second-order valence-electron chi connectivity index (χ2n) is 6.07. The number of benzene rings is 1. The molecule has 0 aromatic heterocycles. The third-order valence-corrected chi connectivity index (χ3v) is 3.40. The Morgan fingerprint density at radius 3 is 2.16 bits per heavy atom. The minimum atomic E-state index is -0.746. The maximum absolute atomic E-state index is 10.9. The van der Waals surface area contributed by atoms with Crippen molar-refractivity contribution in [2.24, 2.45) is 5.92 Å². The van der Waals surface area contributed by atoms with E-state index >= 15 is 0 Å². The predicted molar refractivity (Wildman–Crippen MR) is 79.8 cm³/mol. The Morgan fingerprint density at radius 1 is 1.26 bits per heavy atom. The van der Waals surface area contributed by atoms with Crippen molar-refractivity contribution in [3.05, 3.63) is 29.8 Å². The first-order valence-corrected chi connectivity index (χ1v) is 6.84. The Bertz CT molecular complexity index is 417. The molecule has 1 aromatic carbocycles. The fourth-order valence-electron chi connectivity index (χ4n) is 2.00. The van der Waals surface area contributed by atoms with Gasteiger partial charge in [0.25, 0.3) is 0 Å². The summed E-state index contributed by atoms with van der Waals surface area (Å²) in [4.78, 5) is 13.0. The number of anilines is 1. The van der Waals surface area contributed by atoms with E-state index in [0.717, 1.165) is 12.2 Å². The molecule has 3 heteroatoms. The monoisotopic (exact) mass is 263 g/mol. The van der Waals surface area contributed by atoms with Crippen LogP contribution in [0.3, 0.4) is 0 Å². The molecular weight excluding hydrogens is 238 g/mol. The summed E-state index contributed by atoms with van der Waals surface area (Å²) >= 11 is 0. The third kappa shape index (κ3) is 4.27. The minimum Gasteiger partial charge on any atom is -0.481 e. The normalized spacial score (nSPS) is 13.1. The molecule has 0 aliphatic rings. The van der Waals surface area contributed by atoms with Crippen LogP contribution < -0.4 is 4.90 Å². The van der Waals surface area contributed by atoms with Crippen molar-refractivity contribution in [2.75, 3.05) is 18.0 Å².